The Morgan fingerprint density at radius 2 is 1.88 bits per heavy atom. The quantitative estimate of drug-likeness (QED) is 0.584. The molecule has 1 unspecified atom stereocenters. The molecule has 0 aliphatic rings. The van der Waals surface area contributed by atoms with E-state index in [2.05, 4.69) is 5.32 Å². The molecule has 0 rings (SSSR count). The van der Waals surface area contributed by atoms with Crippen LogP contribution in [0.2, 0.25) is 0 Å². The van der Waals surface area contributed by atoms with Gasteiger partial charge in [-0.05, 0) is 13.8 Å². The number of carbonyl (C=O) groups is 3. The topological polar surface area (TPSA) is 113 Å². The minimum atomic E-state index is -1.29. The highest BCUT2D eigenvalue weighted by Gasteiger charge is 2.24. The van der Waals surface area contributed by atoms with Gasteiger partial charge in [-0.15, -0.1) is 0 Å². The average molecular weight is 231 g/mol. The number of primary amides is 1. The monoisotopic (exact) mass is 231 g/mol. The number of aliphatic carboxylic acids is 1. The third-order valence-corrected chi connectivity index (χ3v) is 2.10. The van der Waals surface area contributed by atoms with Crippen molar-refractivity contribution in [2.24, 2.45) is 5.73 Å². The minimum Gasteiger partial charge on any atom is -0.480 e. The van der Waals surface area contributed by atoms with Crippen LogP contribution in [0.1, 0.15) is 20.3 Å². The van der Waals surface area contributed by atoms with E-state index in [1.54, 1.807) is 13.8 Å². The van der Waals surface area contributed by atoms with Crippen molar-refractivity contribution in [3.8, 4) is 0 Å². The van der Waals surface area contributed by atoms with Crippen molar-refractivity contribution < 1.29 is 19.5 Å². The number of rotatable bonds is 5. The van der Waals surface area contributed by atoms with Crippen LogP contribution in [0, 0.1) is 0 Å². The summed E-state index contributed by atoms with van der Waals surface area (Å²) >= 11 is 0. The van der Waals surface area contributed by atoms with Crippen molar-refractivity contribution in [3.05, 3.63) is 0 Å². The normalized spacial score (nSPS) is 12.0. The Kier molecular flexibility index (Phi) is 5.27. The molecule has 0 aliphatic heterocycles. The summed E-state index contributed by atoms with van der Waals surface area (Å²) < 4.78 is 0. The molecule has 0 aliphatic carbocycles. The summed E-state index contributed by atoms with van der Waals surface area (Å²) in [7, 11) is 1.53. The van der Waals surface area contributed by atoms with Crippen molar-refractivity contribution in [2.75, 3.05) is 7.05 Å². The van der Waals surface area contributed by atoms with Crippen molar-refractivity contribution >= 4 is 17.9 Å². The Labute approximate surface area is 93.6 Å². The van der Waals surface area contributed by atoms with Gasteiger partial charge in [-0.25, -0.2) is 9.59 Å². The molecule has 0 bridgehead atoms. The molecule has 3 amide bonds. The predicted molar refractivity (Wildman–Crippen MR) is 56.7 cm³/mol. The highest BCUT2D eigenvalue weighted by atomic mass is 16.4. The molecule has 0 spiro atoms. The van der Waals surface area contributed by atoms with E-state index in [-0.39, 0.29) is 6.04 Å². The van der Waals surface area contributed by atoms with E-state index in [0.29, 0.717) is 0 Å². The van der Waals surface area contributed by atoms with Gasteiger partial charge in [-0.3, -0.25) is 4.79 Å². The van der Waals surface area contributed by atoms with Crippen LogP contribution in [0.3, 0.4) is 0 Å². The standard InChI is InChI=1S/C9H17N3O4/c1-5(2)12(3)9(16)11-6(8(14)15)4-7(10)13/h5-6H,4H2,1-3H3,(H2,10,13)(H,11,16)(H,14,15). The zero-order valence-corrected chi connectivity index (χ0v) is 9.56. The Balaban J connectivity index is 4.46. The summed E-state index contributed by atoms with van der Waals surface area (Å²) in [6.07, 6.45) is -0.424. The first kappa shape index (κ1) is 14.2. The molecule has 7 nitrogen and oxygen atoms in total. The van der Waals surface area contributed by atoms with Crippen LogP contribution in [-0.4, -0.2) is 47.0 Å². The smallest absolute Gasteiger partial charge is 0.326 e. The largest absolute Gasteiger partial charge is 0.480 e. The van der Waals surface area contributed by atoms with E-state index in [4.69, 9.17) is 10.8 Å². The number of carbonyl (C=O) groups excluding carboxylic acids is 2. The summed E-state index contributed by atoms with van der Waals surface area (Å²) in [4.78, 5) is 34.1. The molecule has 7 heteroatoms. The summed E-state index contributed by atoms with van der Waals surface area (Å²) in [6, 6.07) is -1.90. The SMILES string of the molecule is CC(C)N(C)C(=O)NC(CC(N)=O)C(=O)O. The first-order valence-corrected chi connectivity index (χ1v) is 4.80. The maximum Gasteiger partial charge on any atom is 0.326 e. The molecule has 0 saturated carbocycles. The van der Waals surface area contributed by atoms with Crippen LogP contribution in [0.4, 0.5) is 4.79 Å². The molecular formula is C9H17N3O4. The number of carboxylic acid groups (broad SMARTS) is 1. The summed E-state index contributed by atoms with van der Waals surface area (Å²) in [5.41, 5.74) is 4.88. The zero-order chi connectivity index (χ0) is 12.9. The second-order valence-electron chi connectivity index (χ2n) is 3.72. The number of hydrogen-bond acceptors (Lipinski definition) is 3. The molecule has 4 N–H and O–H groups in total. The summed E-state index contributed by atoms with van der Waals surface area (Å²) in [5.74, 6) is -2.07. The number of nitrogens with two attached hydrogens (primary N) is 1. The number of urea groups is 1. The highest BCUT2D eigenvalue weighted by Crippen LogP contribution is 1.98. The van der Waals surface area contributed by atoms with E-state index in [1.165, 1.54) is 11.9 Å². The van der Waals surface area contributed by atoms with Crippen LogP contribution in [0.5, 0.6) is 0 Å². The van der Waals surface area contributed by atoms with Gasteiger partial charge in [0.05, 0.1) is 6.42 Å². The number of hydrogen-bond donors (Lipinski definition) is 3. The lowest BCUT2D eigenvalue weighted by molar-refractivity contribution is -0.140. The fraction of sp³-hybridized carbons (Fsp3) is 0.667. The summed E-state index contributed by atoms with van der Waals surface area (Å²) in [5, 5.41) is 11.0. The molecule has 1 atom stereocenters. The molecule has 0 radical (unpaired) electrons. The van der Waals surface area contributed by atoms with Crippen LogP contribution in [-0.2, 0) is 9.59 Å². The van der Waals surface area contributed by atoms with Crippen LogP contribution >= 0.6 is 0 Å². The average Bonchev–Trinajstić information content (AvgIpc) is 2.14. The van der Waals surface area contributed by atoms with E-state index in [1.807, 2.05) is 0 Å². The van der Waals surface area contributed by atoms with Crippen molar-refractivity contribution in [2.45, 2.75) is 32.4 Å². The van der Waals surface area contributed by atoms with Gasteiger partial charge in [-0.1, -0.05) is 0 Å². The number of nitrogens with one attached hydrogen (secondary N) is 1. The molecule has 0 aromatic heterocycles. The lowest BCUT2D eigenvalue weighted by Crippen LogP contribution is -2.49. The van der Waals surface area contributed by atoms with Gasteiger partial charge in [-0.2, -0.15) is 0 Å². The Morgan fingerprint density at radius 3 is 2.19 bits per heavy atom. The fourth-order valence-corrected chi connectivity index (χ4v) is 0.887. The van der Waals surface area contributed by atoms with Gasteiger partial charge in [0.15, 0.2) is 0 Å². The molecule has 0 heterocycles. The molecule has 0 aromatic carbocycles. The Morgan fingerprint density at radius 1 is 1.38 bits per heavy atom. The van der Waals surface area contributed by atoms with Gasteiger partial charge >= 0.3 is 12.0 Å². The first-order chi connectivity index (χ1) is 7.25. The van der Waals surface area contributed by atoms with E-state index in [0.717, 1.165) is 0 Å². The number of carboxylic acids is 1. The maximum atomic E-state index is 11.5. The van der Waals surface area contributed by atoms with Gasteiger partial charge in [0.1, 0.15) is 6.04 Å². The van der Waals surface area contributed by atoms with Crippen molar-refractivity contribution in [3.63, 3.8) is 0 Å². The van der Waals surface area contributed by atoms with Gasteiger partial charge in [0.25, 0.3) is 0 Å². The van der Waals surface area contributed by atoms with Crippen molar-refractivity contribution in [1.82, 2.24) is 10.2 Å². The lowest BCUT2D eigenvalue weighted by atomic mass is 10.2. The molecule has 0 saturated heterocycles. The minimum absolute atomic E-state index is 0.0666. The van der Waals surface area contributed by atoms with Crippen molar-refractivity contribution in [1.29, 1.82) is 0 Å². The Bertz CT molecular complexity index is 290. The first-order valence-electron chi connectivity index (χ1n) is 4.80. The predicted octanol–water partition coefficient (Wildman–Crippen LogP) is -0.635. The lowest BCUT2D eigenvalue weighted by Gasteiger charge is -2.23. The number of amides is 3. The van der Waals surface area contributed by atoms with E-state index < -0.39 is 30.4 Å². The van der Waals surface area contributed by atoms with Crippen LogP contribution in [0.25, 0.3) is 0 Å². The van der Waals surface area contributed by atoms with Gasteiger partial charge < -0.3 is 21.1 Å². The molecular weight excluding hydrogens is 214 g/mol. The van der Waals surface area contributed by atoms with Crippen LogP contribution in [0.15, 0.2) is 0 Å². The summed E-state index contributed by atoms with van der Waals surface area (Å²) in [6.45, 7) is 3.56. The van der Waals surface area contributed by atoms with E-state index in [9.17, 15) is 14.4 Å². The molecule has 0 fully saturated rings. The third kappa shape index (κ3) is 4.63. The third-order valence-electron chi connectivity index (χ3n) is 2.10. The molecule has 92 valence electrons. The molecule has 16 heavy (non-hydrogen) atoms. The van der Waals surface area contributed by atoms with Gasteiger partial charge in [0.2, 0.25) is 5.91 Å². The van der Waals surface area contributed by atoms with E-state index >= 15 is 0 Å². The van der Waals surface area contributed by atoms with Crippen LogP contribution < -0.4 is 11.1 Å². The fourth-order valence-electron chi connectivity index (χ4n) is 0.887. The molecule has 0 aromatic rings. The second kappa shape index (κ2) is 5.94. The zero-order valence-electron chi connectivity index (χ0n) is 9.56. The highest BCUT2D eigenvalue weighted by molar-refractivity contribution is 5.87. The van der Waals surface area contributed by atoms with Gasteiger partial charge in [0, 0.05) is 13.1 Å². The second-order valence-corrected chi connectivity index (χ2v) is 3.72. The number of nitrogens with zero attached hydrogens (tertiary/aromatic N) is 1. The maximum absolute atomic E-state index is 11.5. The Hall–Kier alpha value is -1.79.